The maximum absolute atomic E-state index is 15.1. The van der Waals surface area contributed by atoms with E-state index < -0.39 is 35.9 Å². The van der Waals surface area contributed by atoms with Crippen molar-refractivity contribution in [1.82, 2.24) is 9.80 Å². The minimum Gasteiger partial charge on any atom is -0.331 e. The van der Waals surface area contributed by atoms with E-state index in [1.165, 1.54) is 24.0 Å². The number of halogens is 4. The van der Waals surface area contributed by atoms with Crippen molar-refractivity contribution in [2.24, 2.45) is 5.92 Å². The highest BCUT2D eigenvalue weighted by Gasteiger charge is 2.46. The van der Waals surface area contributed by atoms with Crippen molar-refractivity contribution < 1.29 is 27.2 Å². The summed E-state index contributed by atoms with van der Waals surface area (Å²) >= 11 is 0. The molecule has 0 radical (unpaired) electrons. The summed E-state index contributed by atoms with van der Waals surface area (Å²) in [5.41, 5.74) is 3.31. The van der Waals surface area contributed by atoms with E-state index in [9.17, 15) is 22.8 Å². The van der Waals surface area contributed by atoms with E-state index in [4.69, 9.17) is 0 Å². The first kappa shape index (κ1) is 32.2. The van der Waals surface area contributed by atoms with Gasteiger partial charge in [0.05, 0.1) is 17.5 Å². The number of hydrogen-bond acceptors (Lipinski definition) is 3. The Labute approximate surface area is 250 Å². The van der Waals surface area contributed by atoms with Gasteiger partial charge in [-0.25, -0.2) is 4.39 Å². The molecular weight excluding hydrogens is 558 g/mol. The van der Waals surface area contributed by atoms with E-state index in [-0.39, 0.29) is 24.4 Å². The summed E-state index contributed by atoms with van der Waals surface area (Å²) in [6.07, 6.45) is -0.0174. The predicted octanol–water partition coefficient (Wildman–Crippen LogP) is 7.82. The van der Waals surface area contributed by atoms with Gasteiger partial charge in [0.2, 0.25) is 5.91 Å². The van der Waals surface area contributed by atoms with Gasteiger partial charge in [0.1, 0.15) is 11.9 Å². The molecule has 2 heterocycles. The lowest BCUT2D eigenvalue weighted by Gasteiger charge is -2.41. The number of rotatable bonds is 8. The van der Waals surface area contributed by atoms with Gasteiger partial charge in [-0.2, -0.15) is 13.2 Å². The summed E-state index contributed by atoms with van der Waals surface area (Å²) in [6.45, 7) is 9.61. The summed E-state index contributed by atoms with van der Waals surface area (Å²) in [4.78, 5) is 30.7. The molecule has 2 saturated heterocycles. The standard InChI is InChI=1S/C34H39F4N3O2/c1-5-23(4)30(28(35)6-2)33(43)41-20-7-9-27(32(42)39-26-17-11-22(3)12-18-26)31(41)25-15-13-24(14-16-25)21-40-19-8-10-29(40)34(36,37)38/h5-6,11-18,27,29,31H,1,7-10,19-21H2,2-4H3,(H,39,42)/b28-6+,30-23+. The molecule has 2 aliphatic heterocycles. The molecule has 0 aliphatic carbocycles. The summed E-state index contributed by atoms with van der Waals surface area (Å²) in [5, 5.41) is 2.97. The van der Waals surface area contributed by atoms with Gasteiger partial charge in [0.15, 0.2) is 0 Å². The number of carbonyl (C=O) groups excluding carboxylic acids is 2. The molecule has 43 heavy (non-hydrogen) atoms. The van der Waals surface area contributed by atoms with Crippen LogP contribution in [0.2, 0.25) is 0 Å². The maximum Gasteiger partial charge on any atom is 0.404 e. The SMILES string of the molecule is C=C/C(C)=C(C(=O)N1CCCC(C(=O)Nc2ccc(C)cc2)C1c1ccc(CN2CCCC2C(F)(F)F)cc1)\C(F)=C/C. The van der Waals surface area contributed by atoms with Crippen molar-refractivity contribution in [1.29, 1.82) is 0 Å². The monoisotopic (exact) mass is 597 g/mol. The molecule has 0 saturated carbocycles. The Hall–Kier alpha value is -3.72. The molecule has 230 valence electrons. The Balaban J connectivity index is 1.68. The van der Waals surface area contributed by atoms with Gasteiger partial charge < -0.3 is 10.2 Å². The van der Waals surface area contributed by atoms with Crippen LogP contribution in [0.4, 0.5) is 23.2 Å². The minimum atomic E-state index is -4.28. The summed E-state index contributed by atoms with van der Waals surface area (Å²) in [5.74, 6) is -2.12. The van der Waals surface area contributed by atoms with E-state index in [1.54, 1.807) is 36.1 Å². The Morgan fingerprint density at radius 1 is 1.02 bits per heavy atom. The second-order valence-corrected chi connectivity index (χ2v) is 11.4. The molecule has 1 N–H and O–H groups in total. The predicted molar refractivity (Wildman–Crippen MR) is 161 cm³/mol. The van der Waals surface area contributed by atoms with Crippen molar-refractivity contribution in [3.05, 3.63) is 101 Å². The van der Waals surface area contributed by atoms with Gasteiger partial charge in [-0.3, -0.25) is 14.5 Å². The number of hydrogen-bond donors (Lipinski definition) is 1. The zero-order valence-corrected chi connectivity index (χ0v) is 24.9. The van der Waals surface area contributed by atoms with Gasteiger partial charge in [-0.05, 0) is 81.8 Å². The fourth-order valence-corrected chi connectivity index (χ4v) is 6.07. The zero-order valence-electron chi connectivity index (χ0n) is 24.9. The highest BCUT2D eigenvalue weighted by molar-refractivity contribution is 6.00. The zero-order chi connectivity index (χ0) is 31.3. The van der Waals surface area contributed by atoms with E-state index in [0.29, 0.717) is 54.7 Å². The highest BCUT2D eigenvalue weighted by Crippen LogP contribution is 2.40. The van der Waals surface area contributed by atoms with Crippen molar-refractivity contribution >= 4 is 17.5 Å². The lowest BCUT2D eigenvalue weighted by Crippen LogP contribution is -2.47. The molecular formula is C34H39F4N3O2. The number of aryl methyl sites for hydroxylation is 1. The number of piperidine rings is 1. The van der Waals surface area contributed by atoms with Gasteiger partial charge in [-0.1, -0.05) is 60.7 Å². The summed E-state index contributed by atoms with van der Waals surface area (Å²) in [6, 6.07) is 12.3. The molecule has 0 spiro atoms. The third kappa shape index (κ3) is 7.44. The molecule has 3 unspecified atom stereocenters. The molecule has 0 aromatic heterocycles. The second-order valence-electron chi connectivity index (χ2n) is 11.4. The Morgan fingerprint density at radius 3 is 2.28 bits per heavy atom. The quantitative estimate of drug-likeness (QED) is 0.192. The smallest absolute Gasteiger partial charge is 0.331 e. The topological polar surface area (TPSA) is 52.7 Å². The number of carbonyl (C=O) groups is 2. The molecule has 0 bridgehead atoms. The molecule has 2 fully saturated rings. The van der Waals surface area contributed by atoms with Crippen molar-refractivity contribution in [2.45, 2.75) is 71.3 Å². The normalized spacial score (nSPS) is 22.3. The van der Waals surface area contributed by atoms with Crippen LogP contribution in [0.15, 0.2) is 84.2 Å². The Bertz CT molecular complexity index is 1380. The highest BCUT2D eigenvalue weighted by atomic mass is 19.4. The molecule has 2 aliphatic rings. The fraction of sp³-hybridized carbons (Fsp3) is 0.412. The number of benzene rings is 2. The Kier molecular flexibility index (Phi) is 10.3. The molecule has 2 amide bonds. The van der Waals surface area contributed by atoms with Crippen LogP contribution in [-0.4, -0.2) is 46.9 Å². The first-order valence-electron chi connectivity index (χ1n) is 14.7. The molecule has 2 aromatic rings. The van der Waals surface area contributed by atoms with Crippen molar-refractivity contribution in [3.8, 4) is 0 Å². The average molecular weight is 598 g/mol. The molecule has 9 heteroatoms. The van der Waals surface area contributed by atoms with Crippen LogP contribution in [0.5, 0.6) is 0 Å². The third-order valence-electron chi connectivity index (χ3n) is 8.40. The van der Waals surface area contributed by atoms with E-state index in [1.807, 2.05) is 31.2 Å². The number of anilines is 1. The van der Waals surface area contributed by atoms with Crippen LogP contribution >= 0.6 is 0 Å². The summed E-state index contributed by atoms with van der Waals surface area (Å²) in [7, 11) is 0. The van der Waals surface area contributed by atoms with Crippen LogP contribution in [-0.2, 0) is 16.1 Å². The van der Waals surface area contributed by atoms with E-state index >= 15 is 4.39 Å². The summed E-state index contributed by atoms with van der Waals surface area (Å²) < 4.78 is 55.6. The molecule has 4 rings (SSSR count). The van der Waals surface area contributed by atoms with Crippen molar-refractivity contribution in [2.75, 3.05) is 18.4 Å². The van der Waals surface area contributed by atoms with Gasteiger partial charge in [-0.15, -0.1) is 0 Å². The van der Waals surface area contributed by atoms with Crippen LogP contribution in [0.1, 0.15) is 62.3 Å². The van der Waals surface area contributed by atoms with Crippen molar-refractivity contribution in [3.63, 3.8) is 0 Å². The van der Waals surface area contributed by atoms with Crippen LogP contribution < -0.4 is 5.32 Å². The lowest BCUT2D eigenvalue weighted by molar-refractivity contribution is -0.177. The first-order valence-corrected chi connectivity index (χ1v) is 14.7. The molecule has 3 atom stereocenters. The number of nitrogens with zero attached hydrogens (tertiary/aromatic N) is 2. The van der Waals surface area contributed by atoms with E-state index in [2.05, 4.69) is 11.9 Å². The van der Waals surface area contributed by atoms with Gasteiger partial charge in [0.25, 0.3) is 5.91 Å². The van der Waals surface area contributed by atoms with Gasteiger partial charge >= 0.3 is 6.18 Å². The lowest BCUT2D eigenvalue weighted by atomic mass is 9.83. The van der Waals surface area contributed by atoms with E-state index in [0.717, 1.165) is 5.56 Å². The van der Waals surface area contributed by atoms with Crippen LogP contribution in [0.3, 0.4) is 0 Å². The number of allylic oxidation sites excluding steroid dienone is 3. The number of amides is 2. The minimum absolute atomic E-state index is 0.0846. The Morgan fingerprint density at radius 2 is 1.67 bits per heavy atom. The van der Waals surface area contributed by atoms with Crippen LogP contribution in [0.25, 0.3) is 0 Å². The third-order valence-corrected chi connectivity index (χ3v) is 8.40. The van der Waals surface area contributed by atoms with Crippen LogP contribution in [0, 0.1) is 12.8 Å². The largest absolute Gasteiger partial charge is 0.404 e. The molecule has 2 aromatic carbocycles. The first-order chi connectivity index (χ1) is 20.4. The number of likely N-dealkylation sites (tertiary alicyclic amines) is 2. The number of alkyl halides is 3. The number of nitrogens with one attached hydrogen (secondary N) is 1. The second kappa shape index (κ2) is 13.7. The molecule has 5 nitrogen and oxygen atoms in total. The van der Waals surface area contributed by atoms with Gasteiger partial charge in [0, 0.05) is 18.8 Å². The maximum atomic E-state index is 15.1. The fourth-order valence-electron chi connectivity index (χ4n) is 6.07. The average Bonchev–Trinajstić information content (AvgIpc) is 3.47.